The van der Waals surface area contributed by atoms with Crippen LogP contribution in [0.3, 0.4) is 0 Å². The molecule has 0 bridgehead atoms. The number of amides is 1. The van der Waals surface area contributed by atoms with E-state index in [4.69, 9.17) is 0 Å². The van der Waals surface area contributed by atoms with Gasteiger partial charge in [-0.3, -0.25) is 4.79 Å². The van der Waals surface area contributed by atoms with Gasteiger partial charge < -0.3 is 10.4 Å². The molecule has 1 aliphatic carbocycles. The van der Waals surface area contributed by atoms with Gasteiger partial charge in [-0.15, -0.1) is 0 Å². The predicted octanol–water partition coefficient (Wildman–Crippen LogP) is 3.42. The van der Waals surface area contributed by atoms with Gasteiger partial charge in [0.25, 0.3) is 5.91 Å². The Labute approximate surface area is 131 Å². The molecule has 0 radical (unpaired) electrons. The number of phenols is 1. The lowest BCUT2D eigenvalue weighted by molar-refractivity contribution is 0.0934. The Morgan fingerprint density at radius 3 is 3.05 bits per heavy atom. The molecule has 4 rings (SSSR count). The van der Waals surface area contributed by atoms with Crippen LogP contribution in [0.15, 0.2) is 42.5 Å². The van der Waals surface area contributed by atoms with Crippen LogP contribution in [-0.4, -0.2) is 15.4 Å². The van der Waals surface area contributed by atoms with Crippen LogP contribution < -0.4 is 5.32 Å². The summed E-state index contributed by atoms with van der Waals surface area (Å²) in [5.74, 6) is 0.0812. The van der Waals surface area contributed by atoms with E-state index in [2.05, 4.69) is 9.69 Å². The highest BCUT2D eigenvalue weighted by Crippen LogP contribution is 2.34. The van der Waals surface area contributed by atoms with Crippen LogP contribution in [0.2, 0.25) is 0 Å². The Balaban J connectivity index is 1.63. The summed E-state index contributed by atoms with van der Waals surface area (Å²) in [5, 5.41) is 13.6. The van der Waals surface area contributed by atoms with Crippen molar-refractivity contribution in [3.8, 4) is 5.75 Å². The number of hydrogen-bond acceptors (Lipinski definition) is 4. The summed E-state index contributed by atoms with van der Waals surface area (Å²) in [7, 11) is 0. The highest BCUT2D eigenvalue weighted by atomic mass is 32.1. The molecule has 2 N–H and O–H groups in total. The maximum absolute atomic E-state index is 12.5. The third-order valence-electron chi connectivity index (χ3n) is 4.11. The average molecular weight is 310 g/mol. The number of aryl methyl sites for hydroxylation is 1. The van der Waals surface area contributed by atoms with Gasteiger partial charge in [0.05, 0.1) is 10.7 Å². The van der Waals surface area contributed by atoms with Gasteiger partial charge in [0.2, 0.25) is 0 Å². The highest BCUT2D eigenvalue weighted by molar-refractivity contribution is 7.13. The van der Waals surface area contributed by atoms with Crippen molar-refractivity contribution in [2.24, 2.45) is 0 Å². The first-order valence-corrected chi connectivity index (χ1v) is 7.97. The van der Waals surface area contributed by atoms with Crippen molar-refractivity contribution in [2.45, 2.75) is 18.9 Å². The van der Waals surface area contributed by atoms with Crippen molar-refractivity contribution in [1.29, 1.82) is 0 Å². The number of aromatic hydroxyl groups is 1. The summed E-state index contributed by atoms with van der Waals surface area (Å²) in [5.41, 5.74) is 2.67. The van der Waals surface area contributed by atoms with Crippen molar-refractivity contribution >= 4 is 27.5 Å². The third-order valence-corrected chi connectivity index (χ3v) is 4.93. The Morgan fingerprint density at radius 1 is 1.27 bits per heavy atom. The molecule has 0 fully saturated rings. The number of fused-ring (bicyclic) bond motifs is 2. The van der Waals surface area contributed by atoms with E-state index in [0.717, 1.165) is 28.5 Å². The lowest BCUT2D eigenvalue weighted by Gasteiger charge is -2.13. The van der Waals surface area contributed by atoms with E-state index in [0.29, 0.717) is 5.69 Å². The van der Waals surface area contributed by atoms with Crippen molar-refractivity contribution in [3.63, 3.8) is 0 Å². The fraction of sp³-hybridized carbons (Fsp3) is 0.176. The zero-order chi connectivity index (χ0) is 15.1. The predicted molar refractivity (Wildman–Crippen MR) is 86.3 cm³/mol. The van der Waals surface area contributed by atoms with Gasteiger partial charge in [-0.25, -0.2) is 0 Å². The Morgan fingerprint density at radius 2 is 2.14 bits per heavy atom. The van der Waals surface area contributed by atoms with E-state index >= 15 is 0 Å². The molecule has 1 unspecified atom stereocenters. The molecule has 22 heavy (non-hydrogen) atoms. The van der Waals surface area contributed by atoms with Crippen molar-refractivity contribution in [3.05, 3.63) is 59.3 Å². The summed E-state index contributed by atoms with van der Waals surface area (Å²) >= 11 is 1.34. The van der Waals surface area contributed by atoms with Gasteiger partial charge in [-0.2, -0.15) is 4.37 Å². The van der Waals surface area contributed by atoms with E-state index in [9.17, 15) is 9.90 Å². The topological polar surface area (TPSA) is 62.2 Å². The number of hydrogen-bond donors (Lipinski definition) is 2. The SMILES string of the molecule is O=C(NC1CCc2ccc(O)cc21)c1nsc2ccccc12. The average Bonchev–Trinajstić information content (AvgIpc) is 3.11. The zero-order valence-electron chi connectivity index (χ0n) is 11.7. The third kappa shape index (κ3) is 2.14. The first kappa shape index (κ1) is 13.3. The molecule has 2 aromatic carbocycles. The van der Waals surface area contributed by atoms with Crippen LogP contribution in [0.4, 0.5) is 0 Å². The van der Waals surface area contributed by atoms with E-state index in [1.165, 1.54) is 17.1 Å². The lowest BCUT2D eigenvalue weighted by atomic mass is 10.1. The number of carbonyl (C=O) groups is 1. The molecule has 0 spiro atoms. The standard InChI is InChI=1S/C17H14N2O2S/c20-11-7-5-10-6-8-14(13(10)9-11)18-17(21)16-12-3-1-2-4-15(12)22-19-16/h1-5,7,9,14,20H,6,8H2,(H,18,21). The summed E-state index contributed by atoms with van der Waals surface area (Å²) in [6.45, 7) is 0. The minimum absolute atomic E-state index is 0.0601. The van der Waals surface area contributed by atoms with Crippen LogP contribution in [0.25, 0.3) is 10.1 Å². The van der Waals surface area contributed by atoms with Gasteiger partial charge in [-0.05, 0) is 53.7 Å². The van der Waals surface area contributed by atoms with Crippen molar-refractivity contribution < 1.29 is 9.90 Å². The maximum Gasteiger partial charge on any atom is 0.272 e. The number of benzene rings is 2. The molecular formula is C17H14N2O2S. The first-order chi connectivity index (χ1) is 10.7. The van der Waals surface area contributed by atoms with Gasteiger partial charge in [-0.1, -0.05) is 24.3 Å². The summed E-state index contributed by atoms with van der Waals surface area (Å²) < 4.78 is 5.30. The molecule has 0 saturated carbocycles. The normalized spacial score (nSPS) is 16.6. The largest absolute Gasteiger partial charge is 0.508 e. The molecule has 5 heteroatoms. The quantitative estimate of drug-likeness (QED) is 0.762. The van der Waals surface area contributed by atoms with Crippen LogP contribution in [-0.2, 0) is 6.42 Å². The fourth-order valence-electron chi connectivity index (χ4n) is 3.02. The smallest absolute Gasteiger partial charge is 0.272 e. The molecular weight excluding hydrogens is 296 g/mol. The molecule has 1 aliphatic rings. The summed E-state index contributed by atoms with van der Waals surface area (Å²) in [6, 6.07) is 13.0. The molecule has 1 atom stereocenters. The van der Waals surface area contributed by atoms with Gasteiger partial charge in [0, 0.05) is 5.39 Å². The molecule has 0 aliphatic heterocycles. The van der Waals surface area contributed by atoms with Crippen LogP contribution in [0.5, 0.6) is 5.75 Å². The van der Waals surface area contributed by atoms with Crippen molar-refractivity contribution in [2.75, 3.05) is 0 Å². The first-order valence-electron chi connectivity index (χ1n) is 7.19. The van der Waals surface area contributed by atoms with Gasteiger partial charge in [0.1, 0.15) is 11.4 Å². The molecule has 110 valence electrons. The van der Waals surface area contributed by atoms with Crippen LogP contribution in [0, 0.1) is 0 Å². The van der Waals surface area contributed by atoms with Gasteiger partial charge >= 0.3 is 0 Å². The minimum atomic E-state index is -0.154. The minimum Gasteiger partial charge on any atom is -0.508 e. The fourth-order valence-corrected chi connectivity index (χ4v) is 3.79. The molecule has 3 aromatic rings. The van der Waals surface area contributed by atoms with E-state index in [1.54, 1.807) is 12.1 Å². The Hall–Kier alpha value is -2.40. The number of phenolic OH excluding ortho intramolecular Hbond substituents is 1. The zero-order valence-corrected chi connectivity index (χ0v) is 12.6. The second kappa shape index (κ2) is 5.10. The summed E-state index contributed by atoms with van der Waals surface area (Å²) in [6.07, 6.45) is 1.77. The second-order valence-electron chi connectivity index (χ2n) is 5.48. The Kier molecular flexibility index (Phi) is 3.08. The summed E-state index contributed by atoms with van der Waals surface area (Å²) in [4.78, 5) is 12.5. The molecule has 0 saturated heterocycles. The maximum atomic E-state index is 12.5. The lowest BCUT2D eigenvalue weighted by Crippen LogP contribution is -2.27. The second-order valence-corrected chi connectivity index (χ2v) is 6.28. The van der Waals surface area contributed by atoms with Crippen LogP contribution in [0.1, 0.15) is 34.1 Å². The van der Waals surface area contributed by atoms with Crippen LogP contribution >= 0.6 is 11.5 Å². The van der Waals surface area contributed by atoms with Crippen molar-refractivity contribution in [1.82, 2.24) is 9.69 Å². The number of rotatable bonds is 2. The molecule has 1 heterocycles. The number of nitrogens with one attached hydrogen (secondary N) is 1. The molecule has 4 nitrogen and oxygen atoms in total. The number of carbonyl (C=O) groups excluding carboxylic acids is 1. The highest BCUT2D eigenvalue weighted by Gasteiger charge is 2.26. The Bertz CT molecular complexity index is 872. The monoisotopic (exact) mass is 310 g/mol. The molecule has 1 amide bonds. The van der Waals surface area contributed by atoms with E-state index in [1.807, 2.05) is 30.3 Å². The van der Waals surface area contributed by atoms with Gasteiger partial charge in [0.15, 0.2) is 0 Å². The number of nitrogens with zero attached hydrogens (tertiary/aromatic N) is 1. The molecule has 1 aromatic heterocycles. The van der Waals surface area contributed by atoms with E-state index < -0.39 is 0 Å². The number of aromatic nitrogens is 1. The van der Waals surface area contributed by atoms with E-state index in [-0.39, 0.29) is 17.7 Å².